The van der Waals surface area contributed by atoms with Gasteiger partial charge >= 0.3 is 0 Å². The third kappa shape index (κ3) is 2.56. The molecule has 0 amide bonds. The van der Waals surface area contributed by atoms with Gasteiger partial charge in [0.1, 0.15) is 11.3 Å². The van der Waals surface area contributed by atoms with E-state index in [-0.39, 0.29) is 0 Å². The molecular weight excluding hydrogens is 272 g/mol. The van der Waals surface area contributed by atoms with Crippen LogP contribution < -0.4 is 4.74 Å². The number of aromatic nitrogens is 2. The summed E-state index contributed by atoms with van der Waals surface area (Å²) in [5.74, 6) is 0.185. The predicted octanol–water partition coefficient (Wildman–Crippen LogP) is 1.81. The van der Waals surface area contributed by atoms with Crippen LogP contribution >= 0.6 is 0 Å². The molecule has 21 heavy (non-hydrogen) atoms. The summed E-state index contributed by atoms with van der Waals surface area (Å²) in [4.78, 5) is 0. The Morgan fingerprint density at radius 1 is 1.29 bits per heavy atom. The van der Waals surface area contributed by atoms with Crippen molar-refractivity contribution in [1.82, 2.24) is 9.78 Å². The monoisotopic (exact) mass is 296 g/mol. The third-order valence-electron chi connectivity index (χ3n) is 4.55. The van der Waals surface area contributed by atoms with E-state index in [2.05, 4.69) is 12.0 Å². The summed E-state index contributed by atoms with van der Waals surface area (Å²) in [5.41, 5.74) is -0.128. The average Bonchev–Trinajstić information content (AvgIpc) is 3.11. The van der Waals surface area contributed by atoms with Crippen LogP contribution in [0.5, 0.6) is 5.75 Å². The molecule has 0 aromatic carbocycles. The second-order valence-corrected chi connectivity index (χ2v) is 5.92. The van der Waals surface area contributed by atoms with Gasteiger partial charge < -0.3 is 19.3 Å². The first kappa shape index (κ1) is 14.8. The van der Waals surface area contributed by atoms with Crippen molar-refractivity contribution in [3.05, 3.63) is 11.9 Å². The minimum absolute atomic E-state index is 0.477. The quantitative estimate of drug-likeness (QED) is 0.918. The highest BCUT2D eigenvalue weighted by molar-refractivity contribution is 5.31. The maximum atomic E-state index is 11.1. The average molecular weight is 296 g/mol. The SMILES string of the molecule is CCCn1ncc(OC)c1C1(O)CCC2(CC1)OCCO2. The van der Waals surface area contributed by atoms with Crippen molar-refractivity contribution >= 4 is 0 Å². The highest BCUT2D eigenvalue weighted by Gasteiger charge is 2.48. The van der Waals surface area contributed by atoms with E-state index in [4.69, 9.17) is 14.2 Å². The zero-order chi connectivity index (χ0) is 14.9. The van der Waals surface area contributed by atoms with E-state index in [1.165, 1.54) is 0 Å². The topological polar surface area (TPSA) is 65.7 Å². The van der Waals surface area contributed by atoms with E-state index in [9.17, 15) is 5.11 Å². The van der Waals surface area contributed by atoms with Crippen LogP contribution in [0.25, 0.3) is 0 Å². The minimum atomic E-state index is -0.919. The highest BCUT2D eigenvalue weighted by Crippen LogP contribution is 2.47. The standard InChI is InChI=1S/C15H24N2O4/c1-3-8-17-13(12(19-2)11-16-17)14(18)4-6-15(7-5-14)20-9-10-21-15/h11,18H,3-10H2,1-2H3. The molecule has 0 radical (unpaired) electrons. The Hall–Kier alpha value is -1.11. The number of hydrogen-bond acceptors (Lipinski definition) is 5. The largest absolute Gasteiger partial charge is 0.493 e. The summed E-state index contributed by atoms with van der Waals surface area (Å²) in [5, 5.41) is 15.5. The van der Waals surface area contributed by atoms with Crippen LogP contribution in [0.4, 0.5) is 0 Å². The predicted molar refractivity (Wildman–Crippen MR) is 76.1 cm³/mol. The number of methoxy groups -OCH3 is 1. The normalized spacial score (nSPS) is 23.6. The number of rotatable bonds is 4. The van der Waals surface area contributed by atoms with Gasteiger partial charge in [-0.15, -0.1) is 0 Å². The van der Waals surface area contributed by atoms with Crippen molar-refractivity contribution < 1.29 is 19.3 Å². The fraction of sp³-hybridized carbons (Fsp3) is 0.800. The molecule has 1 saturated heterocycles. The van der Waals surface area contributed by atoms with E-state index in [1.807, 2.05) is 4.68 Å². The van der Waals surface area contributed by atoms with Crippen molar-refractivity contribution in [2.45, 2.75) is 57.0 Å². The summed E-state index contributed by atoms with van der Waals surface area (Å²) in [7, 11) is 1.62. The third-order valence-corrected chi connectivity index (χ3v) is 4.55. The fourth-order valence-corrected chi connectivity index (χ4v) is 3.44. The summed E-state index contributed by atoms with van der Waals surface area (Å²) in [6, 6.07) is 0. The molecule has 1 N–H and O–H groups in total. The lowest BCUT2D eigenvalue weighted by molar-refractivity contribution is -0.205. The van der Waals surface area contributed by atoms with Gasteiger partial charge in [0.05, 0.1) is 26.5 Å². The van der Waals surface area contributed by atoms with Crippen LogP contribution in [0.2, 0.25) is 0 Å². The summed E-state index contributed by atoms with van der Waals surface area (Å²) >= 11 is 0. The first-order chi connectivity index (χ1) is 10.1. The zero-order valence-electron chi connectivity index (χ0n) is 12.8. The molecule has 1 aromatic heterocycles. The number of nitrogens with zero attached hydrogens (tertiary/aromatic N) is 2. The Labute approximate surface area is 125 Å². The Bertz CT molecular complexity index is 484. The molecule has 6 heteroatoms. The Kier molecular flexibility index (Phi) is 3.94. The van der Waals surface area contributed by atoms with Gasteiger partial charge in [-0.25, -0.2) is 0 Å². The van der Waals surface area contributed by atoms with Gasteiger partial charge in [0.2, 0.25) is 0 Å². The van der Waals surface area contributed by atoms with Crippen molar-refractivity contribution in [3.8, 4) is 5.75 Å². The molecule has 2 heterocycles. The van der Waals surface area contributed by atoms with Gasteiger partial charge in [0.15, 0.2) is 11.5 Å². The molecule has 2 aliphatic rings. The van der Waals surface area contributed by atoms with Crippen molar-refractivity contribution in [2.75, 3.05) is 20.3 Å². The van der Waals surface area contributed by atoms with Gasteiger partial charge in [0, 0.05) is 19.4 Å². The van der Waals surface area contributed by atoms with E-state index in [1.54, 1.807) is 13.3 Å². The molecule has 0 atom stereocenters. The first-order valence-electron chi connectivity index (χ1n) is 7.73. The molecule has 1 aliphatic carbocycles. The van der Waals surface area contributed by atoms with Crippen LogP contribution in [0.15, 0.2) is 6.20 Å². The number of aliphatic hydroxyl groups is 1. The molecular formula is C15H24N2O4. The van der Waals surface area contributed by atoms with Crippen LogP contribution in [-0.4, -0.2) is 41.0 Å². The van der Waals surface area contributed by atoms with Crippen molar-refractivity contribution in [2.24, 2.45) is 0 Å². The summed E-state index contributed by atoms with van der Waals surface area (Å²) < 4.78 is 18.7. The summed E-state index contributed by atoms with van der Waals surface area (Å²) in [6.07, 6.45) is 5.24. The van der Waals surface area contributed by atoms with Crippen LogP contribution in [0, 0.1) is 0 Å². The lowest BCUT2D eigenvalue weighted by Crippen LogP contribution is -2.43. The molecule has 1 aliphatic heterocycles. The molecule has 3 rings (SSSR count). The smallest absolute Gasteiger partial charge is 0.168 e. The maximum Gasteiger partial charge on any atom is 0.168 e. The number of hydrogen-bond donors (Lipinski definition) is 1. The lowest BCUT2D eigenvalue weighted by Gasteiger charge is -2.40. The molecule has 1 aromatic rings. The Morgan fingerprint density at radius 3 is 2.52 bits per heavy atom. The van der Waals surface area contributed by atoms with Gasteiger partial charge in [0.25, 0.3) is 0 Å². The minimum Gasteiger partial charge on any atom is -0.493 e. The van der Waals surface area contributed by atoms with E-state index in [0.717, 1.165) is 18.7 Å². The van der Waals surface area contributed by atoms with Gasteiger partial charge in [-0.3, -0.25) is 4.68 Å². The fourth-order valence-electron chi connectivity index (χ4n) is 3.44. The molecule has 2 fully saturated rings. The van der Waals surface area contributed by atoms with Crippen molar-refractivity contribution in [3.63, 3.8) is 0 Å². The summed E-state index contributed by atoms with van der Waals surface area (Å²) in [6.45, 7) is 4.17. The maximum absolute atomic E-state index is 11.1. The van der Waals surface area contributed by atoms with Crippen LogP contribution in [0.3, 0.4) is 0 Å². The Balaban J connectivity index is 1.84. The van der Waals surface area contributed by atoms with E-state index >= 15 is 0 Å². The van der Waals surface area contributed by atoms with Crippen LogP contribution in [0.1, 0.15) is 44.7 Å². The lowest BCUT2D eigenvalue weighted by atomic mass is 9.79. The Morgan fingerprint density at radius 2 is 1.95 bits per heavy atom. The molecule has 0 unspecified atom stereocenters. The molecule has 0 bridgehead atoms. The molecule has 6 nitrogen and oxygen atoms in total. The number of ether oxygens (including phenoxy) is 3. The first-order valence-corrected chi connectivity index (χ1v) is 7.73. The second-order valence-electron chi connectivity index (χ2n) is 5.92. The second kappa shape index (κ2) is 5.59. The van der Waals surface area contributed by atoms with E-state index in [0.29, 0.717) is 44.6 Å². The van der Waals surface area contributed by atoms with Gasteiger partial charge in [-0.1, -0.05) is 6.92 Å². The molecule has 118 valence electrons. The zero-order valence-corrected chi connectivity index (χ0v) is 12.8. The molecule has 1 spiro atoms. The molecule has 1 saturated carbocycles. The van der Waals surface area contributed by atoms with Crippen molar-refractivity contribution in [1.29, 1.82) is 0 Å². The van der Waals surface area contributed by atoms with Crippen LogP contribution in [-0.2, 0) is 21.6 Å². The van der Waals surface area contributed by atoms with Gasteiger partial charge in [-0.05, 0) is 19.3 Å². The highest BCUT2D eigenvalue weighted by atomic mass is 16.7. The number of aryl methyl sites for hydroxylation is 1. The van der Waals surface area contributed by atoms with E-state index < -0.39 is 11.4 Å². The van der Waals surface area contributed by atoms with Gasteiger partial charge in [-0.2, -0.15) is 5.10 Å².